The number of esters is 1. The predicted molar refractivity (Wildman–Crippen MR) is 80.7 cm³/mol. The fraction of sp³-hybridized carbons (Fsp3) is 0.0556. The lowest BCUT2D eigenvalue weighted by atomic mass is 9.96. The lowest BCUT2D eigenvalue weighted by molar-refractivity contribution is 0.0600. The second-order valence-corrected chi connectivity index (χ2v) is 4.71. The summed E-state index contributed by atoms with van der Waals surface area (Å²) in [5.74, 6) is -0.838. The maximum absolute atomic E-state index is 14.2. The summed E-state index contributed by atoms with van der Waals surface area (Å²) < 4.78 is 18.9. The van der Waals surface area contributed by atoms with Crippen LogP contribution in [0.5, 0.6) is 0 Å². The van der Waals surface area contributed by atoms with Crippen LogP contribution in [0.25, 0.3) is 21.9 Å². The van der Waals surface area contributed by atoms with Crippen LogP contribution in [0.15, 0.2) is 60.7 Å². The summed E-state index contributed by atoms with van der Waals surface area (Å²) in [7, 11) is 1.31. The number of benzene rings is 3. The number of carbonyl (C=O) groups is 1. The van der Waals surface area contributed by atoms with Crippen LogP contribution in [0.4, 0.5) is 4.39 Å². The zero-order valence-electron chi connectivity index (χ0n) is 11.5. The molecule has 0 amide bonds. The van der Waals surface area contributed by atoms with Crippen molar-refractivity contribution in [3.8, 4) is 11.1 Å². The molecule has 3 heteroatoms. The molecule has 0 aliphatic carbocycles. The van der Waals surface area contributed by atoms with Crippen LogP contribution in [-0.4, -0.2) is 13.1 Å². The van der Waals surface area contributed by atoms with Gasteiger partial charge in [-0.15, -0.1) is 0 Å². The molecular weight excluding hydrogens is 267 g/mol. The minimum atomic E-state index is -0.475. The number of halogens is 1. The normalized spacial score (nSPS) is 10.6. The highest BCUT2D eigenvalue weighted by atomic mass is 19.1. The number of hydrogen-bond acceptors (Lipinski definition) is 2. The highest BCUT2D eigenvalue weighted by Gasteiger charge is 2.13. The van der Waals surface area contributed by atoms with Crippen molar-refractivity contribution < 1.29 is 13.9 Å². The van der Waals surface area contributed by atoms with Gasteiger partial charge in [0.1, 0.15) is 5.82 Å². The van der Waals surface area contributed by atoms with Crippen molar-refractivity contribution in [1.29, 1.82) is 0 Å². The largest absolute Gasteiger partial charge is 0.465 e. The number of rotatable bonds is 2. The van der Waals surface area contributed by atoms with E-state index in [1.54, 1.807) is 0 Å². The molecule has 0 bridgehead atoms. The first-order valence-electron chi connectivity index (χ1n) is 6.56. The third-order valence-corrected chi connectivity index (χ3v) is 3.47. The van der Waals surface area contributed by atoms with Crippen LogP contribution in [0.3, 0.4) is 0 Å². The van der Waals surface area contributed by atoms with Crippen molar-refractivity contribution in [2.45, 2.75) is 0 Å². The van der Waals surface area contributed by atoms with Gasteiger partial charge in [0, 0.05) is 5.56 Å². The predicted octanol–water partition coefficient (Wildman–Crippen LogP) is 4.43. The Morgan fingerprint density at radius 3 is 2.52 bits per heavy atom. The van der Waals surface area contributed by atoms with Gasteiger partial charge in [0.15, 0.2) is 0 Å². The van der Waals surface area contributed by atoms with Crippen molar-refractivity contribution in [2.75, 3.05) is 7.11 Å². The van der Waals surface area contributed by atoms with Gasteiger partial charge in [-0.3, -0.25) is 0 Å². The molecule has 3 rings (SSSR count). The van der Waals surface area contributed by atoms with Crippen LogP contribution in [0.1, 0.15) is 10.4 Å². The summed E-state index contributed by atoms with van der Waals surface area (Å²) in [6, 6.07) is 17.7. The summed E-state index contributed by atoms with van der Waals surface area (Å²) in [4.78, 5) is 11.6. The monoisotopic (exact) mass is 280 g/mol. The first-order chi connectivity index (χ1) is 10.2. The maximum Gasteiger partial charge on any atom is 0.337 e. The smallest absolute Gasteiger partial charge is 0.337 e. The van der Waals surface area contributed by atoms with Crippen LogP contribution in [0.2, 0.25) is 0 Å². The second kappa shape index (κ2) is 5.37. The zero-order valence-corrected chi connectivity index (χ0v) is 11.5. The topological polar surface area (TPSA) is 26.3 Å². The van der Waals surface area contributed by atoms with Gasteiger partial charge in [-0.1, -0.05) is 42.5 Å². The van der Waals surface area contributed by atoms with E-state index in [-0.39, 0.29) is 5.82 Å². The van der Waals surface area contributed by atoms with Crippen LogP contribution < -0.4 is 0 Å². The molecule has 0 spiro atoms. The SMILES string of the molecule is COC(=O)c1ccc(F)c(-c2cccc3ccccc23)c1. The molecular formula is C18H13FO2. The molecule has 0 saturated heterocycles. The molecule has 0 N–H and O–H groups in total. The fourth-order valence-electron chi connectivity index (χ4n) is 2.44. The van der Waals surface area contributed by atoms with Crippen LogP contribution in [-0.2, 0) is 4.74 Å². The number of hydrogen-bond donors (Lipinski definition) is 0. The second-order valence-electron chi connectivity index (χ2n) is 4.71. The van der Waals surface area contributed by atoms with Gasteiger partial charge < -0.3 is 4.74 Å². The number of carbonyl (C=O) groups excluding carboxylic acids is 1. The Morgan fingerprint density at radius 1 is 0.952 bits per heavy atom. The van der Waals surface area contributed by atoms with Gasteiger partial charge in [-0.05, 0) is 34.5 Å². The molecule has 3 aromatic carbocycles. The molecule has 0 radical (unpaired) electrons. The Morgan fingerprint density at radius 2 is 1.71 bits per heavy atom. The van der Waals surface area contributed by atoms with E-state index >= 15 is 0 Å². The van der Waals surface area contributed by atoms with E-state index in [9.17, 15) is 9.18 Å². The molecule has 0 aliphatic rings. The zero-order chi connectivity index (χ0) is 14.8. The van der Waals surface area contributed by atoms with E-state index in [4.69, 9.17) is 4.74 Å². The molecule has 2 nitrogen and oxygen atoms in total. The molecule has 0 saturated carbocycles. The van der Waals surface area contributed by atoms with Crippen molar-refractivity contribution in [3.05, 3.63) is 72.0 Å². The summed E-state index contributed by atoms with van der Waals surface area (Å²) >= 11 is 0. The van der Waals surface area contributed by atoms with E-state index in [0.29, 0.717) is 11.1 Å². The molecule has 104 valence electrons. The molecule has 0 heterocycles. The lowest BCUT2D eigenvalue weighted by Crippen LogP contribution is -2.02. The van der Waals surface area contributed by atoms with Crippen LogP contribution >= 0.6 is 0 Å². The summed E-state index contributed by atoms with van der Waals surface area (Å²) in [6.07, 6.45) is 0. The first-order valence-corrected chi connectivity index (χ1v) is 6.56. The van der Waals surface area contributed by atoms with Crippen molar-refractivity contribution in [3.63, 3.8) is 0 Å². The van der Waals surface area contributed by atoms with Gasteiger partial charge in [0.2, 0.25) is 0 Å². The molecule has 0 fully saturated rings. The molecule has 0 unspecified atom stereocenters. The van der Waals surface area contributed by atoms with E-state index in [2.05, 4.69) is 0 Å². The number of ether oxygens (including phenoxy) is 1. The molecule has 21 heavy (non-hydrogen) atoms. The number of fused-ring (bicyclic) bond motifs is 1. The van der Waals surface area contributed by atoms with E-state index < -0.39 is 5.97 Å². The van der Waals surface area contributed by atoms with Gasteiger partial charge in [0.25, 0.3) is 0 Å². The summed E-state index contributed by atoms with van der Waals surface area (Å²) in [5, 5.41) is 1.97. The van der Waals surface area contributed by atoms with Gasteiger partial charge >= 0.3 is 5.97 Å². The van der Waals surface area contributed by atoms with E-state index in [0.717, 1.165) is 16.3 Å². The average molecular weight is 280 g/mol. The van der Waals surface area contributed by atoms with E-state index in [1.807, 2.05) is 42.5 Å². The third-order valence-electron chi connectivity index (χ3n) is 3.47. The fourth-order valence-corrected chi connectivity index (χ4v) is 2.44. The molecule has 3 aromatic rings. The van der Waals surface area contributed by atoms with Gasteiger partial charge in [-0.25, -0.2) is 9.18 Å². The van der Waals surface area contributed by atoms with Crippen molar-refractivity contribution >= 4 is 16.7 Å². The first kappa shape index (κ1) is 13.3. The Kier molecular flexibility index (Phi) is 3.40. The molecule has 0 atom stereocenters. The van der Waals surface area contributed by atoms with Gasteiger partial charge in [-0.2, -0.15) is 0 Å². The Bertz CT molecular complexity index is 819. The Hall–Kier alpha value is -2.68. The third kappa shape index (κ3) is 2.38. The maximum atomic E-state index is 14.2. The average Bonchev–Trinajstić information content (AvgIpc) is 2.54. The minimum Gasteiger partial charge on any atom is -0.465 e. The summed E-state index contributed by atoms with van der Waals surface area (Å²) in [6.45, 7) is 0. The van der Waals surface area contributed by atoms with Gasteiger partial charge in [0.05, 0.1) is 12.7 Å². The van der Waals surface area contributed by atoms with Crippen molar-refractivity contribution in [2.24, 2.45) is 0 Å². The Labute approximate surface area is 121 Å². The minimum absolute atomic E-state index is 0.335. The highest BCUT2D eigenvalue weighted by Crippen LogP contribution is 2.31. The Balaban J connectivity index is 2.25. The highest BCUT2D eigenvalue weighted by molar-refractivity contribution is 5.98. The van der Waals surface area contributed by atoms with Crippen molar-refractivity contribution in [1.82, 2.24) is 0 Å². The van der Waals surface area contributed by atoms with E-state index in [1.165, 1.54) is 25.3 Å². The molecule has 0 aliphatic heterocycles. The molecule has 0 aromatic heterocycles. The van der Waals surface area contributed by atoms with Crippen LogP contribution in [0, 0.1) is 5.82 Å². The standard InChI is InChI=1S/C18H13FO2/c1-21-18(20)13-9-10-17(19)16(11-13)15-8-4-6-12-5-2-3-7-14(12)15/h2-11H,1H3. The number of methoxy groups -OCH3 is 1. The summed E-state index contributed by atoms with van der Waals surface area (Å²) in [5.41, 5.74) is 1.49. The quantitative estimate of drug-likeness (QED) is 0.649. The lowest BCUT2D eigenvalue weighted by Gasteiger charge is -2.09.